The number of rotatable bonds is 9. The molecule has 2 atom stereocenters. The van der Waals surface area contributed by atoms with Crippen LogP contribution in [0, 0.1) is 5.92 Å². The molecule has 3 N–H and O–H groups in total. The molecular weight excluding hydrogens is 412 g/mol. The molecule has 0 spiro atoms. The summed E-state index contributed by atoms with van der Waals surface area (Å²) in [5.41, 5.74) is 6.69. The van der Waals surface area contributed by atoms with Crippen LogP contribution in [0.15, 0.2) is 48.5 Å². The Bertz CT molecular complexity index is 960. The van der Waals surface area contributed by atoms with Gasteiger partial charge in [-0.25, -0.2) is 20.0 Å². The Hall–Kier alpha value is -3.39. The van der Waals surface area contributed by atoms with E-state index in [1.807, 2.05) is 62.4 Å². The third-order valence-electron chi connectivity index (χ3n) is 5.53. The van der Waals surface area contributed by atoms with Gasteiger partial charge in [0.2, 0.25) is 0 Å². The molecule has 1 aliphatic carbocycles. The number of carboxylic acid groups (broad SMARTS) is 2. The van der Waals surface area contributed by atoms with Crippen LogP contribution in [0.2, 0.25) is 0 Å². The van der Waals surface area contributed by atoms with Crippen molar-refractivity contribution in [1.29, 1.82) is 0 Å². The van der Waals surface area contributed by atoms with E-state index in [9.17, 15) is 24.6 Å². The van der Waals surface area contributed by atoms with Gasteiger partial charge >= 0.3 is 18.0 Å². The Balaban J connectivity index is 1.83. The number of carboxylic acids is 2. The van der Waals surface area contributed by atoms with Crippen LogP contribution in [0.3, 0.4) is 0 Å². The zero-order chi connectivity index (χ0) is 23.4. The van der Waals surface area contributed by atoms with Gasteiger partial charge in [-0.3, -0.25) is 4.79 Å². The van der Waals surface area contributed by atoms with Crippen molar-refractivity contribution in [3.05, 3.63) is 59.7 Å². The first-order valence-electron chi connectivity index (χ1n) is 10.6. The molecule has 0 saturated carbocycles. The second-order valence-corrected chi connectivity index (χ2v) is 8.35. The van der Waals surface area contributed by atoms with Crippen molar-refractivity contribution < 1.29 is 29.3 Å². The van der Waals surface area contributed by atoms with Gasteiger partial charge in [0.15, 0.2) is 0 Å². The highest BCUT2D eigenvalue weighted by atomic mass is 16.6. The molecular formula is C24H28N2O6. The molecule has 0 bridgehead atoms. The molecule has 1 aliphatic rings. The lowest BCUT2D eigenvalue weighted by molar-refractivity contribution is -0.148. The van der Waals surface area contributed by atoms with Crippen LogP contribution in [0.25, 0.3) is 11.1 Å². The monoisotopic (exact) mass is 440 g/mol. The number of hydrogen-bond acceptors (Lipinski definition) is 5. The predicted molar refractivity (Wildman–Crippen MR) is 118 cm³/mol. The second kappa shape index (κ2) is 9.82. The van der Waals surface area contributed by atoms with Crippen molar-refractivity contribution in [2.24, 2.45) is 5.92 Å². The number of carbonyl (C=O) groups excluding carboxylic acids is 1. The fourth-order valence-corrected chi connectivity index (χ4v) is 3.96. The minimum absolute atomic E-state index is 0.000506. The normalized spacial score (nSPS) is 14.4. The van der Waals surface area contributed by atoms with E-state index in [1.165, 1.54) is 6.92 Å². The van der Waals surface area contributed by atoms with E-state index in [2.05, 4.69) is 5.43 Å². The molecule has 0 aromatic heterocycles. The maximum Gasteiger partial charge on any atom is 0.425 e. The highest BCUT2D eigenvalue weighted by Gasteiger charge is 2.35. The van der Waals surface area contributed by atoms with E-state index in [0.29, 0.717) is 0 Å². The molecule has 0 fully saturated rings. The average Bonchev–Trinajstić information content (AvgIpc) is 3.07. The SMILES string of the molecule is CC(C)C[C@H](C(=O)O)N(N[C@@H](C)C(=O)O)C(=O)OCC1c2ccccc2-c2ccccc21. The number of carbonyl (C=O) groups is 3. The third kappa shape index (κ3) is 4.91. The van der Waals surface area contributed by atoms with Crippen LogP contribution in [0.1, 0.15) is 44.2 Å². The van der Waals surface area contributed by atoms with Gasteiger partial charge in [0.05, 0.1) is 0 Å². The number of benzene rings is 2. The zero-order valence-electron chi connectivity index (χ0n) is 18.3. The first-order chi connectivity index (χ1) is 15.2. The van der Waals surface area contributed by atoms with Crippen LogP contribution < -0.4 is 5.43 Å². The van der Waals surface area contributed by atoms with Crippen LogP contribution in [-0.2, 0) is 14.3 Å². The number of nitrogens with zero attached hydrogens (tertiary/aromatic N) is 1. The lowest BCUT2D eigenvalue weighted by atomic mass is 9.98. The summed E-state index contributed by atoms with van der Waals surface area (Å²) in [6.07, 6.45) is -0.785. The lowest BCUT2D eigenvalue weighted by Gasteiger charge is -2.31. The third-order valence-corrected chi connectivity index (χ3v) is 5.53. The van der Waals surface area contributed by atoms with Crippen molar-refractivity contribution in [3.63, 3.8) is 0 Å². The summed E-state index contributed by atoms with van der Waals surface area (Å²) in [5.74, 6) is -2.69. The topological polar surface area (TPSA) is 116 Å². The quantitative estimate of drug-likeness (QED) is 0.509. The number of amides is 1. The predicted octanol–water partition coefficient (Wildman–Crippen LogP) is 3.71. The Morgan fingerprint density at radius 2 is 1.47 bits per heavy atom. The molecule has 1 amide bonds. The van der Waals surface area contributed by atoms with Gasteiger partial charge in [0.25, 0.3) is 0 Å². The maximum absolute atomic E-state index is 13.0. The fourth-order valence-electron chi connectivity index (χ4n) is 3.96. The van der Waals surface area contributed by atoms with Crippen LogP contribution in [0.4, 0.5) is 4.79 Å². The second-order valence-electron chi connectivity index (χ2n) is 8.35. The van der Waals surface area contributed by atoms with Gasteiger partial charge < -0.3 is 14.9 Å². The Morgan fingerprint density at radius 1 is 0.938 bits per heavy atom. The van der Waals surface area contributed by atoms with Crippen molar-refractivity contribution in [2.45, 2.75) is 45.2 Å². The molecule has 8 nitrogen and oxygen atoms in total. The first kappa shape index (κ1) is 23.3. The summed E-state index contributed by atoms with van der Waals surface area (Å²) in [7, 11) is 0. The van der Waals surface area contributed by atoms with Crippen LogP contribution in [-0.4, -0.2) is 51.9 Å². The molecule has 3 rings (SSSR count). The van der Waals surface area contributed by atoms with E-state index in [1.54, 1.807) is 0 Å². The van der Waals surface area contributed by atoms with E-state index in [-0.39, 0.29) is 24.9 Å². The molecule has 2 aromatic carbocycles. The minimum Gasteiger partial charge on any atom is -0.480 e. The van der Waals surface area contributed by atoms with Crippen molar-refractivity contribution >= 4 is 18.0 Å². The molecule has 0 heterocycles. The van der Waals surface area contributed by atoms with Gasteiger partial charge in [-0.2, -0.15) is 0 Å². The molecule has 0 radical (unpaired) electrons. The number of aliphatic carboxylic acids is 2. The molecule has 2 aromatic rings. The Labute approximate surface area is 186 Å². The summed E-state index contributed by atoms with van der Waals surface area (Å²) in [5, 5.41) is 19.7. The Morgan fingerprint density at radius 3 is 1.94 bits per heavy atom. The summed E-state index contributed by atoms with van der Waals surface area (Å²) in [4.78, 5) is 36.2. The van der Waals surface area contributed by atoms with Crippen LogP contribution >= 0.6 is 0 Å². The highest BCUT2D eigenvalue weighted by molar-refractivity contribution is 5.81. The summed E-state index contributed by atoms with van der Waals surface area (Å²) < 4.78 is 5.56. The van der Waals surface area contributed by atoms with E-state index in [0.717, 1.165) is 27.3 Å². The van der Waals surface area contributed by atoms with Crippen molar-refractivity contribution in [1.82, 2.24) is 10.4 Å². The number of ether oxygens (including phenoxy) is 1. The number of nitrogens with one attached hydrogen (secondary N) is 1. The fraction of sp³-hybridized carbons (Fsp3) is 0.375. The smallest absolute Gasteiger partial charge is 0.425 e. The van der Waals surface area contributed by atoms with E-state index < -0.39 is 30.1 Å². The molecule has 8 heteroatoms. The van der Waals surface area contributed by atoms with Gasteiger partial charge in [-0.15, -0.1) is 0 Å². The average molecular weight is 440 g/mol. The molecule has 32 heavy (non-hydrogen) atoms. The molecule has 0 saturated heterocycles. The number of hydrogen-bond donors (Lipinski definition) is 3. The number of fused-ring (bicyclic) bond motifs is 3. The van der Waals surface area contributed by atoms with Gasteiger partial charge in [-0.05, 0) is 41.5 Å². The summed E-state index contributed by atoms with van der Waals surface area (Å²) in [6.45, 7) is 4.99. The van der Waals surface area contributed by atoms with Crippen molar-refractivity contribution in [3.8, 4) is 11.1 Å². The van der Waals surface area contributed by atoms with Gasteiger partial charge in [0, 0.05) is 5.92 Å². The minimum atomic E-state index is -1.27. The molecule has 0 aliphatic heterocycles. The summed E-state index contributed by atoms with van der Waals surface area (Å²) in [6, 6.07) is 13.3. The van der Waals surface area contributed by atoms with Crippen LogP contribution in [0.5, 0.6) is 0 Å². The largest absolute Gasteiger partial charge is 0.480 e. The molecule has 0 unspecified atom stereocenters. The van der Waals surface area contributed by atoms with E-state index >= 15 is 0 Å². The first-order valence-corrected chi connectivity index (χ1v) is 10.6. The zero-order valence-corrected chi connectivity index (χ0v) is 18.3. The summed E-state index contributed by atoms with van der Waals surface area (Å²) >= 11 is 0. The lowest BCUT2D eigenvalue weighted by Crippen LogP contribution is -2.57. The van der Waals surface area contributed by atoms with Crippen molar-refractivity contribution in [2.75, 3.05) is 6.61 Å². The van der Waals surface area contributed by atoms with Gasteiger partial charge in [-0.1, -0.05) is 62.4 Å². The van der Waals surface area contributed by atoms with E-state index in [4.69, 9.17) is 4.74 Å². The number of hydrazine groups is 1. The van der Waals surface area contributed by atoms with Gasteiger partial charge in [0.1, 0.15) is 18.7 Å². The highest BCUT2D eigenvalue weighted by Crippen LogP contribution is 2.44. The molecule has 170 valence electrons. The Kier molecular flexibility index (Phi) is 7.15. The maximum atomic E-state index is 13.0. The standard InChI is InChI=1S/C24H28N2O6/c1-14(2)12-21(23(29)30)26(25-15(3)22(27)28)24(31)32-13-20-18-10-6-4-8-16(18)17-9-5-7-11-19(17)20/h4-11,14-15,20-21,25H,12-13H2,1-3H3,(H,27,28)(H,29,30)/t15-,21+/m0/s1.